The number of hydrogen-bond donors (Lipinski definition) is 1. The van der Waals surface area contributed by atoms with Crippen LogP contribution in [-0.2, 0) is 0 Å². The number of alkyl halides is 2. The second kappa shape index (κ2) is 6.93. The molecule has 0 aliphatic carbocycles. The summed E-state index contributed by atoms with van der Waals surface area (Å²) >= 11 is 1.26. The summed E-state index contributed by atoms with van der Waals surface area (Å²) < 4.78 is 36.1. The van der Waals surface area contributed by atoms with Crippen molar-refractivity contribution in [2.24, 2.45) is 5.73 Å². The van der Waals surface area contributed by atoms with E-state index in [0.717, 1.165) is 4.57 Å². The summed E-state index contributed by atoms with van der Waals surface area (Å²) in [6.07, 6.45) is -2.67. The Kier molecular flexibility index (Phi) is 4.71. The van der Waals surface area contributed by atoms with Crippen LogP contribution in [0.3, 0.4) is 0 Å². The first-order valence-corrected chi connectivity index (χ1v) is 7.73. The Bertz CT molecular complexity index is 892. The molecule has 0 bridgehead atoms. The van der Waals surface area contributed by atoms with Gasteiger partial charge in [-0.05, 0) is 22.4 Å². The van der Waals surface area contributed by atoms with Gasteiger partial charge in [-0.3, -0.25) is 4.52 Å². The number of nitrogens with zero attached hydrogens (tertiary/aromatic N) is 4. The van der Waals surface area contributed by atoms with Gasteiger partial charge < -0.3 is 5.73 Å². The summed E-state index contributed by atoms with van der Waals surface area (Å²) in [5, 5.41) is 11.5. The molecule has 1 aromatic carbocycles. The lowest BCUT2D eigenvalue weighted by Crippen LogP contribution is -2.13. The first kappa shape index (κ1) is 16.3. The number of thioether (sulfide) groups is 1. The highest BCUT2D eigenvalue weighted by Gasteiger charge is 2.23. The Morgan fingerprint density at radius 2 is 2.12 bits per heavy atom. The third-order valence-electron chi connectivity index (χ3n) is 3.01. The zero-order valence-electron chi connectivity index (χ0n) is 12.1. The van der Waals surface area contributed by atoms with Gasteiger partial charge in [0, 0.05) is 17.9 Å². The van der Waals surface area contributed by atoms with Gasteiger partial charge in [-0.25, -0.2) is 22.8 Å². The molecule has 2 aromatic heterocycles. The molecule has 0 saturated carbocycles. The van der Waals surface area contributed by atoms with Gasteiger partial charge in [0.15, 0.2) is 10.7 Å². The fourth-order valence-electron chi connectivity index (χ4n) is 1.99. The molecular formula is C13H11F2N5O3S. The number of halogens is 2. The molecule has 0 aliphatic rings. The van der Waals surface area contributed by atoms with E-state index in [-0.39, 0.29) is 22.8 Å². The maximum Gasteiger partial charge on any atom is 0.446 e. The van der Waals surface area contributed by atoms with E-state index in [4.69, 9.17) is 5.73 Å². The first-order chi connectivity index (χ1) is 11.6. The molecule has 0 spiro atoms. The Morgan fingerprint density at radius 1 is 1.29 bits per heavy atom. The van der Waals surface area contributed by atoms with E-state index in [1.807, 2.05) is 0 Å². The van der Waals surface area contributed by atoms with Gasteiger partial charge >= 0.3 is 5.76 Å². The van der Waals surface area contributed by atoms with Gasteiger partial charge in [-0.2, -0.15) is 0 Å². The van der Waals surface area contributed by atoms with Crippen LogP contribution in [0.4, 0.5) is 8.78 Å². The van der Waals surface area contributed by atoms with E-state index >= 15 is 0 Å². The molecule has 0 radical (unpaired) electrons. The van der Waals surface area contributed by atoms with Gasteiger partial charge in [0.25, 0.3) is 6.43 Å². The molecule has 3 aromatic rings. The minimum Gasteiger partial charge on any atom is -0.330 e. The highest BCUT2D eigenvalue weighted by molar-refractivity contribution is 7.99. The van der Waals surface area contributed by atoms with Crippen LogP contribution in [0.5, 0.6) is 0 Å². The third kappa shape index (κ3) is 3.08. The molecule has 0 saturated heterocycles. The highest BCUT2D eigenvalue weighted by atomic mass is 32.2. The van der Waals surface area contributed by atoms with Crippen LogP contribution in [0.15, 0.2) is 43.2 Å². The van der Waals surface area contributed by atoms with Crippen LogP contribution < -0.4 is 11.5 Å². The highest BCUT2D eigenvalue weighted by Crippen LogP contribution is 2.28. The molecule has 2 heterocycles. The zero-order valence-corrected chi connectivity index (χ0v) is 12.9. The molecule has 24 heavy (non-hydrogen) atoms. The predicted octanol–water partition coefficient (Wildman–Crippen LogP) is 1.86. The van der Waals surface area contributed by atoms with Crippen LogP contribution >= 0.6 is 11.8 Å². The summed E-state index contributed by atoms with van der Waals surface area (Å²) in [6.45, 7) is 0.402. The maximum atomic E-state index is 12.9. The normalized spacial score (nSPS) is 11.3. The van der Waals surface area contributed by atoms with Crippen molar-refractivity contribution in [3.8, 4) is 17.2 Å². The lowest BCUT2D eigenvalue weighted by atomic mass is 10.2. The molecule has 126 valence electrons. The molecule has 8 nitrogen and oxygen atoms in total. The lowest BCUT2D eigenvalue weighted by Gasteiger charge is -2.05. The van der Waals surface area contributed by atoms with Gasteiger partial charge in [0.1, 0.15) is 0 Å². The zero-order chi connectivity index (χ0) is 17.1. The second-order valence-corrected chi connectivity index (χ2v) is 5.64. The number of hydrogen-bond acceptors (Lipinski definition) is 8. The average Bonchev–Trinajstić information content (AvgIpc) is 3.19. The Morgan fingerprint density at radius 3 is 2.88 bits per heavy atom. The monoisotopic (exact) mass is 355 g/mol. The molecule has 0 fully saturated rings. The van der Waals surface area contributed by atoms with Crippen molar-refractivity contribution in [1.82, 2.24) is 20.0 Å². The van der Waals surface area contributed by atoms with Crippen LogP contribution in [0.2, 0.25) is 0 Å². The fraction of sp³-hybridized carbons (Fsp3) is 0.231. The topological polar surface area (TPSA) is 113 Å². The Hall–Kier alpha value is -2.53. The molecule has 2 N–H and O–H groups in total. The van der Waals surface area contributed by atoms with Crippen LogP contribution in [0.25, 0.3) is 17.2 Å². The Labute approximate surface area is 137 Å². The largest absolute Gasteiger partial charge is 0.446 e. The van der Waals surface area contributed by atoms with Crippen molar-refractivity contribution in [3.05, 3.63) is 40.4 Å². The smallest absolute Gasteiger partial charge is 0.330 e. The average molecular weight is 355 g/mol. The van der Waals surface area contributed by atoms with Crippen molar-refractivity contribution in [2.75, 3.05) is 12.3 Å². The number of benzene rings is 1. The first-order valence-electron chi connectivity index (χ1n) is 6.75. The summed E-state index contributed by atoms with van der Waals surface area (Å²) in [5.41, 5.74) is 5.55. The molecule has 11 heteroatoms. The summed E-state index contributed by atoms with van der Waals surface area (Å²) in [4.78, 5) is 12.0. The van der Waals surface area contributed by atoms with E-state index in [1.54, 1.807) is 0 Å². The van der Waals surface area contributed by atoms with Crippen molar-refractivity contribution < 1.29 is 17.9 Å². The summed E-state index contributed by atoms with van der Waals surface area (Å²) in [7, 11) is 0. The minimum absolute atomic E-state index is 0.00666. The molecule has 0 amide bonds. The third-order valence-corrected chi connectivity index (χ3v) is 3.99. The van der Waals surface area contributed by atoms with Gasteiger partial charge in [0.2, 0.25) is 5.82 Å². The van der Waals surface area contributed by atoms with E-state index < -0.39 is 12.2 Å². The molecule has 0 aliphatic heterocycles. The van der Waals surface area contributed by atoms with Crippen molar-refractivity contribution in [1.29, 1.82) is 0 Å². The molecule has 3 rings (SSSR count). The molecule has 0 atom stereocenters. The van der Waals surface area contributed by atoms with Crippen molar-refractivity contribution in [2.45, 2.75) is 11.5 Å². The van der Waals surface area contributed by atoms with Gasteiger partial charge in [-0.15, -0.1) is 0 Å². The van der Waals surface area contributed by atoms with Gasteiger partial charge in [-0.1, -0.05) is 29.1 Å². The molecule has 0 unspecified atom stereocenters. The second-order valence-electron chi connectivity index (χ2n) is 4.56. The van der Waals surface area contributed by atoms with Crippen LogP contribution in [0, 0.1) is 0 Å². The summed E-state index contributed by atoms with van der Waals surface area (Å²) in [6, 6.07) is 5.32. The minimum atomic E-state index is -2.67. The molecular weight excluding hydrogens is 344 g/mol. The van der Waals surface area contributed by atoms with E-state index in [1.165, 1.54) is 36.0 Å². The predicted molar refractivity (Wildman–Crippen MR) is 80.1 cm³/mol. The SMILES string of the molecule is NCCSc1nonc1-c1noc(=O)n1-c1cccc(C(F)F)c1. The number of rotatable bonds is 6. The van der Waals surface area contributed by atoms with Gasteiger partial charge in [0.05, 0.1) is 5.69 Å². The standard InChI is InChI=1S/C13H11F2N5O3S/c14-10(15)7-2-1-3-8(6-7)20-11(18-22-13(20)21)9-12(19-23-17-9)24-5-4-16/h1-3,6,10H,4-5,16H2. The Balaban J connectivity index is 2.09. The van der Waals surface area contributed by atoms with Crippen LogP contribution in [0.1, 0.15) is 12.0 Å². The lowest BCUT2D eigenvalue weighted by molar-refractivity contribution is 0.151. The van der Waals surface area contributed by atoms with E-state index in [0.29, 0.717) is 17.3 Å². The fourth-order valence-corrected chi connectivity index (χ4v) is 2.66. The van der Waals surface area contributed by atoms with E-state index in [9.17, 15) is 13.6 Å². The summed E-state index contributed by atoms with van der Waals surface area (Å²) in [5.74, 6) is -0.286. The number of nitrogens with two attached hydrogens (primary N) is 1. The van der Waals surface area contributed by atoms with E-state index in [2.05, 4.69) is 24.6 Å². The van der Waals surface area contributed by atoms with Crippen LogP contribution in [-0.4, -0.2) is 32.3 Å². The van der Waals surface area contributed by atoms with Crippen molar-refractivity contribution in [3.63, 3.8) is 0 Å². The maximum absolute atomic E-state index is 12.9. The van der Waals surface area contributed by atoms with Crippen molar-refractivity contribution >= 4 is 11.8 Å². The quantitative estimate of drug-likeness (QED) is 0.667. The number of aromatic nitrogens is 4.